The first-order valence-corrected chi connectivity index (χ1v) is 5.67. The molecule has 1 aromatic carbocycles. The van der Waals surface area contributed by atoms with Crippen molar-refractivity contribution in [2.24, 2.45) is 0 Å². The number of nitrogens with one attached hydrogen (secondary N) is 1. The van der Waals surface area contributed by atoms with Crippen LogP contribution in [0.3, 0.4) is 0 Å². The highest BCUT2D eigenvalue weighted by atomic mass is 35.5. The first-order chi connectivity index (χ1) is 8.25. The fourth-order valence-electron chi connectivity index (χ4n) is 1.97. The molecule has 0 atom stereocenters. The van der Waals surface area contributed by atoms with Crippen LogP contribution < -0.4 is 5.32 Å². The number of halogens is 1. The van der Waals surface area contributed by atoms with Gasteiger partial charge in [-0.1, -0.05) is 29.8 Å². The van der Waals surface area contributed by atoms with E-state index < -0.39 is 0 Å². The Balaban J connectivity index is 2.02. The van der Waals surface area contributed by atoms with Gasteiger partial charge in [0.25, 0.3) is 5.91 Å². The number of anilines is 1. The molecule has 1 fully saturated rings. The van der Waals surface area contributed by atoms with Gasteiger partial charge in [0.05, 0.1) is 10.7 Å². The molecule has 1 aliphatic carbocycles. The van der Waals surface area contributed by atoms with Crippen molar-refractivity contribution in [2.75, 3.05) is 5.32 Å². The predicted octanol–water partition coefficient (Wildman–Crippen LogP) is 3.08. The number of fused-ring (bicyclic) bond motifs is 1. The molecule has 0 bridgehead atoms. The van der Waals surface area contributed by atoms with Gasteiger partial charge in [-0.3, -0.25) is 4.79 Å². The summed E-state index contributed by atoms with van der Waals surface area (Å²) >= 11 is 6.04. The number of amides is 1. The van der Waals surface area contributed by atoms with Gasteiger partial charge in [0.1, 0.15) is 0 Å². The molecule has 2 aliphatic rings. The van der Waals surface area contributed by atoms with Crippen molar-refractivity contribution < 1.29 is 4.79 Å². The molecule has 0 aromatic heterocycles. The van der Waals surface area contributed by atoms with Gasteiger partial charge < -0.3 is 5.32 Å². The van der Waals surface area contributed by atoms with Crippen LogP contribution in [0.25, 0.3) is 5.57 Å². The Kier molecular flexibility index (Phi) is 2.67. The van der Waals surface area contributed by atoms with E-state index in [0.29, 0.717) is 16.3 Å². The standard InChI is InChI=1S/C14H9ClNO/c15-12-7-3-6-10-11(14(17)16-13(10)12)8-9-4-1-2-5-9/h1-8H,(H,16,17)/b11-8-. The zero-order valence-corrected chi connectivity index (χ0v) is 9.66. The summed E-state index contributed by atoms with van der Waals surface area (Å²) in [6, 6.07) is 5.51. The molecule has 0 spiro atoms. The van der Waals surface area contributed by atoms with Crippen molar-refractivity contribution in [1.29, 1.82) is 0 Å². The molecule has 1 heterocycles. The van der Waals surface area contributed by atoms with Crippen molar-refractivity contribution in [3.63, 3.8) is 0 Å². The molecule has 2 nitrogen and oxygen atoms in total. The SMILES string of the molecule is O=C1Nc2c(Cl)cccc2/C1=C/[C]1[CH][CH][CH][CH]1. The van der Waals surface area contributed by atoms with E-state index in [1.807, 2.05) is 43.9 Å². The molecular formula is C14H9ClNO. The van der Waals surface area contributed by atoms with Crippen LogP contribution in [0.15, 0.2) is 24.3 Å². The Labute approximate surface area is 106 Å². The first kappa shape index (κ1) is 10.8. The summed E-state index contributed by atoms with van der Waals surface area (Å²) < 4.78 is 0. The number of hydrogen-bond acceptors (Lipinski definition) is 1. The highest BCUT2D eigenvalue weighted by Crippen LogP contribution is 2.39. The van der Waals surface area contributed by atoms with E-state index in [2.05, 4.69) is 5.32 Å². The van der Waals surface area contributed by atoms with Gasteiger partial charge in [-0.25, -0.2) is 0 Å². The molecule has 0 saturated heterocycles. The summed E-state index contributed by atoms with van der Waals surface area (Å²) in [5.41, 5.74) is 2.23. The molecule has 83 valence electrons. The average molecular weight is 243 g/mol. The molecule has 17 heavy (non-hydrogen) atoms. The van der Waals surface area contributed by atoms with E-state index in [-0.39, 0.29) is 5.91 Å². The Morgan fingerprint density at radius 3 is 2.71 bits per heavy atom. The lowest BCUT2D eigenvalue weighted by atomic mass is 10.00. The number of benzene rings is 1. The van der Waals surface area contributed by atoms with E-state index in [0.717, 1.165) is 11.5 Å². The molecule has 0 unspecified atom stereocenters. The third-order valence-electron chi connectivity index (χ3n) is 2.79. The second kappa shape index (κ2) is 4.19. The summed E-state index contributed by atoms with van der Waals surface area (Å²) in [6.07, 6.45) is 9.68. The summed E-state index contributed by atoms with van der Waals surface area (Å²) in [5, 5.41) is 3.36. The summed E-state index contributed by atoms with van der Waals surface area (Å²) in [6.45, 7) is 0. The number of hydrogen-bond donors (Lipinski definition) is 1. The lowest BCUT2D eigenvalue weighted by molar-refractivity contribution is -0.110. The largest absolute Gasteiger partial charge is 0.320 e. The third kappa shape index (κ3) is 1.87. The maximum absolute atomic E-state index is 11.9. The highest BCUT2D eigenvalue weighted by Gasteiger charge is 2.27. The molecule has 3 heteroatoms. The number of carbonyl (C=O) groups is 1. The minimum absolute atomic E-state index is 0.103. The fraction of sp³-hybridized carbons (Fsp3) is 0. The smallest absolute Gasteiger partial charge is 0.256 e. The van der Waals surface area contributed by atoms with E-state index in [1.165, 1.54) is 0 Å². The van der Waals surface area contributed by atoms with Crippen LogP contribution in [-0.2, 0) is 4.79 Å². The van der Waals surface area contributed by atoms with Crippen molar-refractivity contribution >= 4 is 28.8 Å². The van der Waals surface area contributed by atoms with Crippen LogP contribution in [0.4, 0.5) is 5.69 Å². The second-order valence-corrected chi connectivity index (χ2v) is 4.30. The van der Waals surface area contributed by atoms with Crippen molar-refractivity contribution in [3.05, 3.63) is 66.5 Å². The first-order valence-electron chi connectivity index (χ1n) is 5.29. The number of para-hydroxylation sites is 1. The Hall–Kier alpha value is -1.28. The van der Waals surface area contributed by atoms with Crippen LogP contribution in [0.1, 0.15) is 5.56 Å². The average Bonchev–Trinajstić information content (AvgIpc) is 2.91. The number of rotatable bonds is 1. The van der Waals surface area contributed by atoms with E-state index >= 15 is 0 Å². The molecule has 1 aliphatic heterocycles. The van der Waals surface area contributed by atoms with Gasteiger partial charge in [-0.15, -0.1) is 0 Å². The summed E-state index contributed by atoms with van der Waals surface area (Å²) in [7, 11) is 0. The van der Waals surface area contributed by atoms with Gasteiger partial charge in [0.2, 0.25) is 0 Å². The monoisotopic (exact) mass is 242 g/mol. The molecule has 3 rings (SSSR count). The molecule has 1 N–H and O–H groups in total. The van der Waals surface area contributed by atoms with Gasteiger partial charge >= 0.3 is 0 Å². The van der Waals surface area contributed by atoms with Gasteiger partial charge in [-0.2, -0.15) is 0 Å². The Morgan fingerprint density at radius 2 is 1.94 bits per heavy atom. The number of carbonyl (C=O) groups excluding carboxylic acids is 1. The van der Waals surface area contributed by atoms with Crippen LogP contribution in [-0.4, -0.2) is 5.91 Å². The predicted molar refractivity (Wildman–Crippen MR) is 68.5 cm³/mol. The van der Waals surface area contributed by atoms with Gasteiger partial charge in [0.15, 0.2) is 0 Å². The zero-order chi connectivity index (χ0) is 11.8. The maximum Gasteiger partial charge on any atom is 0.256 e. The van der Waals surface area contributed by atoms with Crippen LogP contribution in [0, 0.1) is 31.6 Å². The lowest BCUT2D eigenvalue weighted by Gasteiger charge is -2.02. The molecule has 5 radical (unpaired) electrons. The second-order valence-electron chi connectivity index (χ2n) is 3.89. The minimum atomic E-state index is -0.103. The molecule has 1 amide bonds. The van der Waals surface area contributed by atoms with E-state index in [1.54, 1.807) is 6.07 Å². The Bertz CT molecular complexity index is 501. The van der Waals surface area contributed by atoms with E-state index in [4.69, 9.17) is 11.6 Å². The van der Waals surface area contributed by atoms with Crippen LogP contribution >= 0.6 is 11.6 Å². The van der Waals surface area contributed by atoms with Crippen molar-refractivity contribution in [1.82, 2.24) is 0 Å². The van der Waals surface area contributed by atoms with Gasteiger partial charge in [0, 0.05) is 17.1 Å². The topological polar surface area (TPSA) is 29.1 Å². The van der Waals surface area contributed by atoms with E-state index in [9.17, 15) is 4.79 Å². The summed E-state index contributed by atoms with van der Waals surface area (Å²) in [5.74, 6) is 0.914. The van der Waals surface area contributed by atoms with Crippen molar-refractivity contribution in [2.45, 2.75) is 0 Å². The van der Waals surface area contributed by atoms with Gasteiger partial charge in [-0.05, 0) is 31.7 Å². The quantitative estimate of drug-likeness (QED) is 0.754. The minimum Gasteiger partial charge on any atom is -0.320 e. The highest BCUT2D eigenvalue weighted by molar-refractivity contribution is 6.39. The molecular weight excluding hydrogens is 234 g/mol. The third-order valence-corrected chi connectivity index (χ3v) is 3.10. The van der Waals surface area contributed by atoms with Crippen LogP contribution in [0.5, 0.6) is 0 Å². The normalized spacial score (nSPS) is 21.9. The maximum atomic E-state index is 11.9. The lowest BCUT2D eigenvalue weighted by Crippen LogP contribution is -2.05. The zero-order valence-electron chi connectivity index (χ0n) is 8.91. The molecule has 1 aromatic rings. The van der Waals surface area contributed by atoms with Crippen molar-refractivity contribution in [3.8, 4) is 0 Å². The fourth-order valence-corrected chi connectivity index (χ4v) is 2.20. The van der Waals surface area contributed by atoms with Crippen LogP contribution in [0.2, 0.25) is 5.02 Å². The number of allylic oxidation sites excluding steroid dienone is 1. The summed E-state index contributed by atoms with van der Waals surface area (Å²) in [4.78, 5) is 11.9. The Morgan fingerprint density at radius 1 is 1.18 bits per heavy atom. The molecule has 1 saturated carbocycles.